The van der Waals surface area contributed by atoms with Gasteiger partial charge in [0.25, 0.3) is 0 Å². The van der Waals surface area contributed by atoms with Crippen LogP contribution in [0.3, 0.4) is 0 Å². The summed E-state index contributed by atoms with van der Waals surface area (Å²) in [5.74, 6) is -0.709. The molecule has 2 bridgehead atoms. The smallest absolute Gasteiger partial charge is 0.302 e. The van der Waals surface area contributed by atoms with Crippen LogP contribution in [-0.2, 0) is 33.3 Å². The van der Waals surface area contributed by atoms with Crippen LogP contribution in [0.4, 0.5) is 0 Å². The summed E-state index contributed by atoms with van der Waals surface area (Å²) in [6.07, 6.45) is 0.897. The lowest BCUT2D eigenvalue weighted by Gasteiger charge is -2.45. The molecule has 8 heteroatoms. The highest BCUT2D eigenvalue weighted by Gasteiger charge is 2.59. The lowest BCUT2D eigenvalue weighted by atomic mass is 9.81. The Bertz CT molecular complexity index is 538. The highest BCUT2D eigenvalue weighted by atomic mass is 16.7. The molecule has 0 aromatic rings. The first-order valence-electron chi connectivity index (χ1n) is 9.06. The molecule has 2 saturated heterocycles. The minimum absolute atomic E-state index is 0.174. The van der Waals surface area contributed by atoms with Crippen LogP contribution in [-0.4, -0.2) is 61.5 Å². The molecule has 2 rings (SSSR count). The van der Waals surface area contributed by atoms with Crippen molar-refractivity contribution >= 4 is 17.7 Å². The van der Waals surface area contributed by atoms with Crippen LogP contribution in [0.25, 0.3) is 0 Å². The zero-order valence-electron chi connectivity index (χ0n) is 15.9. The quantitative estimate of drug-likeness (QED) is 0.476. The summed E-state index contributed by atoms with van der Waals surface area (Å²) in [6.45, 7) is 7.35. The second-order valence-electron chi connectivity index (χ2n) is 7.16. The minimum atomic E-state index is -0.722. The van der Waals surface area contributed by atoms with Crippen molar-refractivity contribution in [2.24, 2.45) is 5.92 Å². The molecule has 2 fully saturated rings. The van der Waals surface area contributed by atoms with Crippen molar-refractivity contribution in [1.29, 1.82) is 0 Å². The van der Waals surface area contributed by atoms with E-state index in [1.54, 1.807) is 6.92 Å². The molecule has 1 N–H and O–H groups in total. The van der Waals surface area contributed by atoms with E-state index < -0.39 is 30.0 Å². The number of carbonyl (C=O) groups excluding carboxylic acids is 3. The standard InChI is InChI=1S/C18H29NO7/c1-11(20)7-5-6-8-23-9-18-10-24-17(26-18)15(19-13(3)21)16(12(18)2)25-14(4)22/h12,15-17H,5-10H2,1-4H3,(H,19,21)/t12-,15-,16+,17+,18+/m1/s1. The number of fused-ring (bicyclic) bond motifs is 2. The second-order valence-corrected chi connectivity index (χ2v) is 7.16. The maximum atomic E-state index is 11.5. The van der Waals surface area contributed by atoms with E-state index in [0.717, 1.165) is 12.8 Å². The SMILES string of the molecule is CC(=O)CCCCOC[C@@]12CO[C@@H](O1)[C@H](NC(C)=O)[C@@H](OC(C)=O)[C@H]2C. The predicted octanol–water partition coefficient (Wildman–Crippen LogP) is 0.960. The van der Waals surface area contributed by atoms with Gasteiger partial charge in [0.1, 0.15) is 23.5 Å². The van der Waals surface area contributed by atoms with E-state index in [-0.39, 0.29) is 17.6 Å². The third-order valence-electron chi connectivity index (χ3n) is 4.90. The Kier molecular flexibility index (Phi) is 7.14. The topological polar surface area (TPSA) is 100 Å². The van der Waals surface area contributed by atoms with E-state index in [1.165, 1.54) is 13.8 Å². The summed E-state index contributed by atoms with van der Waals surface area (Å²) in [6, 6.07) is -0.558. The summed E-state index contributed by atoms with van der Waals surface area (Å²) < 4.78 is 23.1. The molecule has 0 saturated carbocycles. The Labute approximate surface area is 153 Å². The molecule has 5 atom stereocenters. The van der Waals surface area contributed by atoms with E-state index in [2.05, 4.69) is 5.32 Å². The van der Waals surface area contributed by atoms with Gasteiger partial charge in [-0.3, -0.25) is 9.59 Å². The van der Waals surface area contributed by atoms with Gasteiger partial charge >= 0.3 is 5.97 Å². The van der Waals surface area contributed by atoms with Gasteiger partial charge in [0.2, 0.25) is 5.91 Å². The molecule has 0 aromatic heterocycles. The number of ether oxygens (including phenoxy) is 4. The normalized spacial score (nSPS) is 32.9. The van der Waals surface area contributed by atoms with Crippen molar-refractivity contribution in [3.8, 4) is 0 Å². The van der Waals surface area contributed by atoms with Crippen LogP contribution in [0.15, 0.2) is 0 Å². The van der Waals surface area contributed by atoms with Gasteiger partial charge in [-0.25, -0.2) is 0 Å². The highest BCUT2D eigenvalue weighted by Crippen LogP contribution is 2.42. The number of hydrogen-bond donors (Lipinski definition) is 1. The van der Waals surface area contributed by atoms with Gasteiger partial charge in [0.15, 0.2) is 6.29 Å². The fraction of sp³-hybridized carbons (Fsp3) is 0.833. The van der Waals surface area contributed by atoms with Crippen molar-refractivity contribution in [2.75, 3.05) is 19.8 Å². The molecule has 1 amide bonds. The molecule has 0 radical (unpaired) electrons. The molecule has 26 heavy (non-hydrogen) atoms. The monoisotopic (exact) mass is 371 g/mol. The minimum Gasteiger partial charge on any atom is -0.460 e. The summed E-state index contributed by atoms with van der Waals surface area (Å²) in [4.78, 5) is 34.0. The van der Waals surface area contributed by atoms with E-state index >= 15 is 0 Å². The number of hydrogen-bond acceptors (Lipinski definition) is 7. The van der Waals surface area contributed by atoms with Crippen molar-refractivity contribution in [1.82, 2.24) is 5.32 Å². The maximum Gasteiger partial charge on any atom is 0.302 e. The van der Waals surface area contributed by atoms with E-state index in [9.17, 15) is 14.4 Å². The number of nitrogens with one attached hydrogen (secondary N) is 1. The summed E-state index contributed by atoms with van der Waals surface area (Å²) in [5.41, 5.74) is -0.722. The number of carbonyl (C=O) groups is 3. The number of unbranched alkanes of at least 4 members (excludes halogenated alkanes) is 1. The third kappa shape index (κ3) is 5.02. The largest absolute Gasteiger partial charge is 0.460 e. The summed E-state index contributed by atoms with van der Waals surface area (Å²) >= 11 is 0. The first-order chi connectivity index (χ1) is 12.2. The van der Waals surface area contributed by atoms with Crippen LogP contribution in [0, 0.1) is 5.92 Å². The Hall–Kier alpha value is -1.51. The van der Waals surface area contributed by atoms with Crippen LogP contribution >= 0.6 is 0 Å². The molecular weight excluding hydrogens is 342 g/mol. The third-order valence-corrected chi connectivity index (χ3v) is 4.90. The molecule has 148 valence electrons. The molecule has 2 heterocycles. The first kappa shape index (κ1) is 20.8. The van der Waals surface area contributed by atoms with E-state index in [1.807, 2.05) is 6.92 Å². The van der Waals surface area contributed by atoms with Crippen LogP contribution in [0.2, 0.25) is 0 Å². The van der Waals surface area contributed by atoms with Crippen molar-refractivity contribution in [3.63, 3.8) is 0 Å². The fourth-order valence-electron chi connectivity index (χ4n) is 3.49. The molecule has 0 unspecified atom stereocenters. The molecule has 0 spiro atoms. The number of rotatable bonds is 9. The highest BCUT2D eigenvalue weighted by molar-refractivity contribution is 5.75. The van der Waals surface area contributed by atoms with Crippen molar-refractivity contribution in [2.45, 2.75) is 71.0 Å². The average molecular weight is 371 g/mol. The number of Topliss-reactive ketones (excluding diaryl/α,β-unsaturated/α-hetero) is 1. The fourth-order valence-corrected chi connectivity index (χ4v) is 3.49. The first-order valence-corrected chi connectivity index (χ1v) is 9.06. The van der Waals surface area contributed by atoms with Gasteiger partial charge in [-0.15, -0.1) is 0 Å². The zero-order chi connectivity index (χ0) is 19.3. The van der Waals surface area contributed by atoms with Crippen LogP contribution < -0.4 is 5.32 Å². The van der Waals surface area contributed by atoms with Gasteiger partial charge in [0.05, 0.1) is 13.2 Å². The zero-order valence-corrected chi connectivity index (χ0v) is 15.9. The molecular formula is C18H29NO7. The van der Waals surface area contributed by atoms with Gasteiger partial charge in [-0.2, -0.15) is 0 Å². The molecule has 0 aromatic carbocycles. The van der Waals surface area contributed by atoms with Gasteiger partial charge < -0.3 is 29.1 Å². The lowest BCUT2D eigenvalue weighted by molar-refractivity contribution is -0.222. The van der Waals surface area contributed by atoms with Crippen LogP contribution in [0.1, 0.15) is 47.0 Å². The number of amides is 1. The van der Waals surface area contributed by atoms with Crippen molar-refractivity contribution < 1.29 is 33.3 Å². The Balaban J connectivity index is 1.97. The van der Waals surface area contributed by atoms with Crippen molar-refractivity contribution in [3.05, 3.63) is 0 Å². The Morgan fingerprint density at radius 3 is 2.54 bits per heavy atom. The molecule has 0 aliphatic carbocycles. The van der Waals surface area contributed by atoms with E-state index in [4.69, 9.17) is 18.9 Å². The Morgan fingerprint density at radius 2 is 1.92 bits per heavy atom. The maximum absolute atomic E-state index is 11.5. The predicted molar refractivity (Wildman–Crippen MR) is 91.2 cm³/mol. The Morgan fingerprint density at radius 1 is 1.19 bits per heavy atom. The number of esters is 1. The van der Waals surface area contributed by atoms with Gasteiger partial charge in [-0.05, 0) is 19.8 Å². The summed E-state index contributed by atoms with van der Waals surface area (Å²) in [7, 11) is 0. The average Bonchev–Trinajstić information content (AvgIpc) is 2.94. The van der Waals surface area contributed by atoms with E-state index in [0.29, 0.717) is 26.2 Å². The summed E-state index contributed by atoms with van der Waals surface area (Å²) in [5, 5.41) is 2.77. The number of ketones is 1. The van der Waals surface area contributed by atoms with Gasteiger partial charge in [-0.1, -0.05) is 6.92 Å². The molecule has 2 aliphatic heterocycles. The lowest BCUT2D eigenvalue weighted by Crippen LogP contribution is -2.63. The van der Waals surface area contributed by atoms with Gasteiger partial charge in [0, 0.05) is 32.8 Å². The van der Waals surface area contributed by atoms with Crippen LogP contribution in [0.5, 0.6) is 0 Å². The second kappa shape index (κ2) is 8.92. The molecule has 2 aliphatic rings. The molecule has 8 nitrogen and oxygen atoms in total.